The maximum Gasteiger partial charge on any atom is 0.409 e. The fourth-order valence-corrected chi connectivity index (χ4v) is 3.43. The minimum Gasteiger partial charge on any atom is -0.503 e. The van der Waals surface area contributed by atoms with Gasteiger partial charge >= 0.3 is 6.18 Å². The summed E-state index contributed by atoms with van der Waals surface area (Å²) in [5, 5.41) is 10.1. The van der Waals surface area contributed by atoms with E-state index in [1.807, 2.05) is 17.0 Å². The molecule has 1 aliphatic heterocycles. The maximum atomic E-state index is 13.9. The third kappa shape index (κ3) is 3.78. The average Bonchev–Trinajstić information content (AvgIpc) is 2.63. The molecule has 0 amide bonds. The number of hydrogen-bond acceptors (Lipinski definition) is 5. The van der Waals surface area contributed by atoms with Crippen LogP contribution < -0.4 is 10.3 Å². The molecule has 27 heavy (non-hydrogen) atoms. The number of nitrogens with zero attached hydrogens (tertiary/aromatic N) is 4. The van der Waals surface area contributed by atoms with Crippen LogP contribution in [-0.2, 0) is 7.05 Å². The fourth-order valence-electron chi connectivity index (χ4n) is 3.43. The second-order valence-electron chi connectivity index (χ2n) is 6.60. The monoisotopic (exact) mass is 382 g/mol. The van der Waals surface area contributed by atoms with Gasteiger partial charge in [-0.2, -0.15) is 13.2 Å². The molecule has 1 unspecified atom stereocenters. The van der Waals surface area contributed by atoms with Crippen LogP contribution in [0.25, 0.3) is 0 Å². The third-order valence-corrected chi connectivity index (χ3v) is 4.93. The van der Waals surface area contributed by atoms with Crippen molar-refractivity contribution in [2.45, 2.75) is 19.1 Å². The number of aromatic hydroxyl groups is 1. The summed E-state index contributed by atoms with van der Waals surface area (Å²) < 4.78 is 43.1. The van der Waals surface area contributed by atoms with Crippen LogP contribution in [0, 0.1) is 6.92 Å². The first kappa shape index (κ1) is 19.2. The highest BCUT2D eigenvalue weighted by Crippen LogP contribution is 2.40. The highest BCUT2D eigenvalue weighted by Gasteiger charge is 2.48. The lowest BCUT2D eigenvalue weighted by Gasteiger charge is -2.40. The summed E-state index contributed by atoms with van der Waals surface area (Å²) in [7, 11) is 1.42. The molecular formula is C18H21F3N4O2. The summed E-state index contributed by atoms with van der Waals surface area (Å²) in [6, 6.07) is 4.49. The molecule has 3 heterocycles. The first-order valence-electron chi connectivity index (χ1n) is 8.56. The Hall–Kier alpha value is -2.55. The standard InChI is InChI=1S/C18H21F3N4O2/c1-12-11-13(26)16(27)15(23(12)2)17(18(19,20)21)25-9-7-24(8-10-25)14-5-3-4-6-22-14/h3-6,11,17,27H,7-10H2,1-2H3. The minimum absolute atomic E-state index is 0.127. The van der Waals surface area contributed by atoms with Gasteiger partial charge in [0.25, 0.3) is 0 Å². The summed E-state index contributed by atoms with van der Waals surface area (Å²) in [6.45, 7) is 2.52. The summed E-state index contributed by atoms with van der Waals surface area (Å²) in [5.41, 5.74) is -0.866. The molecule has 6 nitrogen and oxygen atoms in total. The van der Waals surface area contributed by atoms with Gasteiger partial charge in [0.2, 0.25) is 5.43 Å². The first-order chi connectivity index (χ1) is 12.7. The molecule has 1 atom stereocenters. The molecule has 3 rings (SSSR count). The van der Waals surface area contributed by atoms with E-state index in [9.17, 15) is 23.1 Å². The number of aryl methyl sites for hydroxylation is 1. The number of piperazine rings is 1. The zero-order valence-electron chi connectivity index (χ0n) is 15.1. The Balaban J connectivity index is 1.92. The van der Waals surface area contributed by atoms with E-state index in [0.717, 1.165) is 6.07 Å². The Morgan fingerprint density at radius 3 is 2.41 bits per heavy atom. The van der Waals surface area contributed by atoms with Crippen LogP contribution in [0.2, 0.25) is 0 Å². The van der Waals surface area contributed by atoms with E-state index in [1.54, 1.807) is 12.3 Å². The van der Waals surface area contributed by atoms with Gasteiger partial charge < -0.3 is 14.6 Å². The van der Waals surface area contributed by atoms with Crippen LogP contribution in [0.4, 0.5) is 19.0 Å². The molecule has 0 radical (unpaired) electrons. The number of pyridine rings is 2. The maximum absolute atomic E-state index is 13.9. The number of hydrogen-bond donors (Lipinski definition) is 1. The predicted octanol–water partition coefficient (Wildman–Crippen LogP) is 2.22. The number of halogens is 3. The van der Waals surface area contributed by atoms with Crippen molar-refractivity contribution in [3.8, 4) is 5.75 Å². The molecule has 1 fully saturated rings. The van der Waals surface area contributed by atoms with Crippen molar-refractivity contribution in [2.75, 3.05) is 31.1 Å². The molecule has 0 aliphatic carbocycles. The van der Waals surface area contributed by atoms with E-state index in [2.05, 4.69) is 4.98 Å². The van der Waals surface area contributed by atoms with E-state index in [1.165, 1.54) is 23.4 Å². The zero-order valence-corrected chi connectivity index (χ0v) is 15.1. The summed E-state index contributed by atoms with van der Waals surface area (Å²) in [4.78, 5) is 19.3. The largest absolute Gasteiger partial charge is 0.503 e. The third-order valence-electron chi connectivity index (χ3n) is 4.93. The number of rotatable bonds is 3. The Morgan fingerprint density at radius 1 is 1.19 bits per heavy atom. The van der Waals surface area contributed by atoms with Crippen LogP contribution in [0.3, 0.4) is 0 Å². The van der Waals surface area contributed by atoms with Crippen molar-refractivity contribution in [3.63, 3.8) is 0 Å². The number of alkyl halides is 3. The van der Waals surface area contributed by atoms with E-state index < -0.39 is 29.1 Å². The zero-order chi connectivity index (χ0) is 19.8. The summed E-state index contributed by atoms with van der Waals surface area (Å²) in [5.74, 6) is -0.135. The molecular weight excluding hydrogens is 361 g/mol. The van der Waals surface area contributed by atoms with Crippen LogP contribution in [-0.4, -0.2) is 51.9 Å². The Labute approximate surface area is 154 Å². The van der Waals surface area contributed by atoms with Gasteiger partial charge in [-0.05, 0) is 19.1 Å². The SMILES string of the molecule is Cc1cc(=O)c(O)c(C(N2CCN(c3ccccn3)CC2)C(F)(F)F)n1C. The molecule has 1 aliphatic rings. The molecule has 1 saturated heterocycles. The van der Waals surface area contributed by atoms with Crippen molar-refractivity contribution in [3.05, 3.63) is 52.1 Å². The second kappa shape index (κ2) is 7.22. The Kier molecular flexibility index (Phi) is 5.14. The molecule has 0 aromatic carbocycles. The lowest BCUT2D eigenvalue weighted by atomic mass is 10.1. The highest BCUT2D eigenvalue weighted by atomic mass is 19.4. The van der Waals surface area contributed by atoms with Gasteiger partial charge in [-0.25, -0.2) is 4.98 Å². The van der Waals surface area contributed by atoms with E-state index >= 15 is 0 Å². The van der Waals surface area contributed by atoms with Crippen LogP contribution in [0.1, 0.15) is 17.4 Å². The van der Waals surface area contributed by atoms with Gasteiger partial charge in [0.1, 0.15) is 5.82 Å². The van der Waals surface area contributed by atoms with Crippen molar-refractivity contribution >= 4 is 5.82 Å². The molecule has 1 N–H and O–H groups in total. The first-order valence-corrected chi connectivity index (χ1v) is 8.56. The lowest BCUT2D eigenvalue weighted by molar-refractivity contribution is -0.189. The van der Waals surface area contributed by atoms with Crippen LogP contribution >= 0.6 is 0 Å². The van der Waals surface area contributed by atoms with Crippen LogP contribution in [0.15, 0.2) is 35.3 Å². The highest BCUT2D eigenvalue weighted by molar-refractivity contribution is 5.39. The van der Waals surface area contributed by atoms with Gasteiger partial charge in [-0.15, -0.1) is 0 Å². The quantitative estimate of drug-likeness (QED) is 0.882. The van der Waals surface area contributed by atoms with Crippen LogP contribution in [0.5, 0.6) is 5.75 Å². The van der Waals surface area contributed by atoms with E-state index in [0.29, 0.717) is 24.6 Å². The Morgan fingerprint density at radius 2 is 1.85 bits per heavy atom. The van der Waals surface area contributed by atoms with Crippen molar-refractivity contribution in [2.24, 2.45) is 7.05 Å². The van der Waals surface area contributed by atoms with Crippen molar-refractivity contribution in [1.29, 1.82) is 0 Å². The molecule has 2 aromatic rings. The smallest absolute Gasteiger partial charge is 0.409 e. The van der Waals surface area contributed by atoms with Gasteiger partial charge in [0.05, 0.1) is 5.69 Å². The predicted molar refractivity (Wildman–Crippen MR) is 94.9 cm³/mol. The van der Waals surface area contributed by atoms with Gasteiger partial charge in [0.15, 0.2) is 11.8 Å². The van der Waals surface area contributed by atoms with Gasteiger partial charge in [-0.1, -0.05) is 6.07 Å². The number of aromatic nitrogens is 2. The summed E-state index contributed by atoms with van der Waals surface area (Å²) in [6.07, 6.45) is -3.00. The molecule has 0 saturated carbocycles. The normalized spacial score (nSPS) is 17.1. The average molecular weight is 382 g/mol. The second-order valence-corrected chi connectivity index (χ2v) is 6.60. The van der Waals surface area contributed by atoms with E-state index in [4.69, 9.17) is 0 Å². The molecule has 0 spiro atoms. The van der Waals surface area contributed by atoms with Crippen molar-refractivity contribution in [1.82, 2.24) is 14.5 Å². The van der Waals surface area contributed by atoms with E-state index in [-0.39, 0.29) is 13.1 Å². The Bertz CT molecular complexity index is 859. The molecule has 146 valence electrons. The number of anilines is 1. The van der Waals surface area contributed by atoms with Crippen molar-refractivity contribution < 1.29 is 18.3 Å². The minimum atomic E-state index is -4.64. The molecule has 2 aromatic heterocycles. The van der Waals surface area contributed by atoms with Gasteiger partial charge in [-0.3, -0.25) is 9.69 Å². The topological polar surface area (TPSA) is 61.6 Å². The summed E-state index contributed by atoms with van der Waals surface area (Å²) >= 11 is 0. The van der Waals surface area contributed by atoms with Gasteiger partial charge in [0, 0.05) is 51.2 Å². The fraction of sp³-hybridized carbons (Fsp3) is 0.444. The lowest BCUT2D eigenvalue weighted by Crippen LogP contribution is -2.51. The molecule has 0 bridgehead atoms. The molecule has 9 heteroatoms.